The van der Waals surface area contributed by atoms with Gasteiger partial charge in [-0.25, -0.2) is 4.79 Å². The molecule has 19 heavy (non-hydrogen) atoms. The zero-order chi connectivity index (χ0) is 14.4. The molecule has 6 heteroatoms. The Morgan fingerprint density at radius 1 is 1.42 bits per heavy atom. The highest BCUT2D eigenvalue weighted by Crippen LogP contribution is 2.26. The highest BCUT2D eigenvalue weighted by atomic mass is 79.9. The van der Waals surface area contributed by atoms with Crippen molar-refractivity contribution in [3.05, 3.63) is 28.2 Å². The first kappa shape index (κ1) is 15.5. The van der Waals surface area contributed by atoms with Crippen LogP contribution in [0, 0.1) is 6.92 Å². The van der Waals surface area contributed by atoms with E-state index in [1.807, 2.05) is 19.1 Å². The second-order valence-electron chi connectivity index (χ2n) is 3.94. The topological polar surface area (TPSA) is 68.1 Å². The molecule has 0 N–H and O–H groups in total. The number of azo groups is 1. The van der Waals surface area contributed by atoms with Crippen molar-refractivity contribution in [3.8, 4) is 0 Å². The number of aryl methyl sites for hydroxylation is 1. The summed E-state index contributed by atoms with van der Waals surface area (Å²) in [5, 5.41) is 7.70. The second-order valence-corrected chi connectivity index (χ2v) is 4.79. The van der Waals surface area contributed by atoms with Crippen LogP contribution in [0.4, 0.5) is 5.69 Å². The van der Waals surface area contributed by atoms with Gasteiger partial charge in [0.15, 0.2) is 5.78 Å². The molecule has 0 heterocycles. The minimum Gasteiger partial charge on any atom is -0.464 e. The Kier molecular flexibility index (Phi) is 5.82. The number of rotatable bonds is 5. The van der Waals surface area contributed by atoms with Gasteiger partial charge in [0, 0.05) is 4.47 Å². The van der Waals surface area contributed by atoms with Crippen molar-refractivity contribution in [1.29, 1.82) is 0 Å². The van der Waals surface area contributed by atoms with Crippen molar-refractivity contribution in [2.45, 2.75) is 26.8 Å². The van der Waals surface area contributed by atoms with E-state index in [2.05, 4.69) is 26.2 Å². The van der Waals surface area contributed by atoms with Gasteiger partial charge in [-0.1, -0.05) is 6.07 Å². The molecular formula is C13H15BrN2O3. The van der Waals surface area contributed by atoms with Gasteiger partial charge >= 0.3 is 5.97 Å². The summed E-state index contributed by atoms with van der Waals surface area (Å²) in [5.74, 6) is -1.08. The van der Waals surface area contributed by atoms with E-state index >= 15 is 0 Å². The molecule has 0 radical (unpaired) electrons. The Labute approximate surface area is 120 Å². The van der Waals surface area contributed by atoms with E-state index in [1.54, 1.807) is 13.0 Å². The van der Waals surface area contributed by atoms with Crippen molar-refractivity contribution in [2.75, 3.05) is 6.61 Å². The number of esters is 1. The van der Waals surface area contributed by atoms with E-state index in [4.69, 9.17) is 4.74 Å². The molecule has 0 saturated carbocycles. The number of hydrogen-bond donors (Lipinski definition) is 0. The first-order chi connectivity index (χ1) is 8.95. The summed E-state index contributed by atoms with van der Waals surface area (Å²) in [6.45, 7) is 5.10. The fraction of sp³-hybridized carbons (Fsp3) is 0.385. The molecule has 102 valence electrons. The first-order valence-electron chi connectivity index (χ1n) is 5.79. The van der Waals surface area contributed by atoms with Crippen molar-refractivity contribution in [2.24, 2.45) is 10.2 Å². The largest absolute Gasteiger partial charge is 0.464 e. The predicted octanol–water partition coefficient (Wildman–Crippen LogP) is 3.36. The van der Waals surface area contributed by atoms with Crippen LogP contribution in [0.25, 0.3) is 0 Å². The highest BCUT2D eigenvalue weighted by Gasteiger charge is 2.24. The number of hydrogen-bond acceptors (Lipinski definition) is 5. The van der Waals surface area contributed by atoms with Crippen LogP contribution in [0.2, 0.25) is 0 Å². The Morgan fingerprint density at radius 2 is 2.11 bits per heavy atom. The third-order valence-electron chi connectivity index (χ3n) is 2.28. The normalized spacial score (nSPS) is 12.4. The number of carbonyl (C=O) groups is 2. The zero-order valence-corrected chi connectivity index (χ0v) is 12.6. The smallest absolute Gasteiger partial charge is 0.340 e. The van der Waals surface area contributed by atoms with Crippen molar-refractivity contribution >= 4 is 33.4 Å². The number of Topliss-reactive ketones (excluding diaryl/α,β-unsaturated/α-hetero) is 1. The van der Waals surface area contributed by atoms with E-state index < -0.39 is 17.8 Å². The lowest BCUT2D eigenvalue weighted by molar-refractivity contribution is -0.147. The molecule has 0 aliphatic rings. The molecular weight excluding hydrogens is 312 g/mol. The number of carbonyl (C=O) groups excluding carboxylic acids is 2. The first-order valence-corrected chi connectivity index (χ1v) is 6.59. The fourth-order valence-electron chi connectivity index (χ4n) is 1.33. The van der Waals surface area contributed by atoms with Gasteiger partial charge in [0.05, 0.1) is 12.3 Å². The minimum absolute atomic E-state index is 0.201. The van der Waals surface area contributed by atoms with Gasteiger partial charge in [0.2, 0.25) is 6.04 Å². The molecule has 0 aromatic heterocycles. The maximum absolute atomic E-state index is 11.5. The number of halogens is 1. The number of ether oxygens (including phenoxy) is 1. The lowest BCUT2D eigenvalue weighted by atomic mass is 10.2. The molecule has 0 amide bonds. The van der Waals surface area contributed by atoms with Crippen molar-refractivity contribution in [1.82, 2.24) is 0 Å². The monoisotopic (exact) mass is 326 g/mol. The van der Waals surface area contributed by atoms with Gasteiger partial charge < -0.3 is 4.74 Å². The van der Waals surface area contributed by atoms with Gasteiger partial charge in [-0.15, -0.1) is 0 Å². The molecule has 0 aliphatic heterocycles. The standard InChI is InChI=1S/C13H15BrN2O3/c1-4-19-13(18)12(9(3)17)16-15-11-6-5-8(2)7-10(11)14/h5-7,12H,4H2,1-3H3/t12-/m1/s1. The van der Waals surface area contributed by atoms with E-state index in [9.17, 15) is 9.59 Å². The summed E-state index contributed by atoms with van der Waals surface area (Å²) < 4.78 is 5.53. The third kappa shape index (κ3) is 4.55. The molecule has 1 aromatic carbocycles. The van der Waals surface area contributed by atoms with Crippen LogP contribution in [-0.2, 0) is 14.3 Å². The van der Waals surface area contributed by atoms with Crippen LogP contribution < -0.4 is 0 Å². The second kappa shape index (κ2) is 7.13. The predicted molar refractivity (Wildman–Crippen MR) is 74.5 cm³/mol. The molecule has 1 atom stereocenters. The Hall–Kier alpha value is -1.56. The molecule has 0 fully saturated rings. The van der Waals surface area contributed by atoms with Crippen LogP contribution in [0.15, 0.2) is 32.9 Å². The Balaban J connectivity index is 2.92. The third-order valence-corrected chi connectivity index (χ3v) is 2.91. The molecule has 0 aliphatic carbocycles. The van der Waals surface area contributed by atoms with Gasteiger partial charge in [-0.3, -0.25) is 4.79 Å². The van der Waals surface area contributed by atoms with Crippen LogP contribution >= 0.6 is 15.9 Å². The maximum Gasteiger partial charge on any atom is 0.340 e. The highest BCUT2D eigenvalue weighted by molar-refractivity contribution is 9.10. The molecule has 1 rings (SSSR count). The van der Waals surface area contributed by atoms with Crippen LogP contribution in [0.1, 0.15) is 19.4 Å². The summed E-state index contributed by atoms with van der Waals surface area (Å²) in [6.07, 6.45) is 0. The van der Waals surface area contributed by atoms with E-state index in [-0.39, 0.29) is 6.61 Å². The van der Waals surface area contributed by atoms with Crippen LogP contribution in [-0.4, -0.2) is 24.4 Å². The Morgan fingerprint density at radius 3 is 2.63 bits per heavy atom. The van der Waals surface area contributed by atoms with Crippen molar-refractivity contribution < 1.29 is 14.3 Å². The fourth-order valence-corrected chi connectivity index (χ4v) is 1.90. The number of benzene rings is 1. The molecule has 5 nitrogen and oxygen atoms in total. The average molecular weight is 327 g/mol. The summed E-state index contributed by atoms with van der Waals surface area (Å²) >= 11 is 3.35. The Bertz CT molecular complexity index is 515. The van der Waals surface area contributed by atoms with E-state index in [0.717, 1.165) is 10.0 Å². The summed E-state index contributed by atoms with van der Waals surface area (Å²) in [6, 6.07) is 4.30. The maximum atomic E-state index is 11.5. The molecule has 0 unspecified atom stereocenters. The van der Waals surface area contributed by atoms with Gasteiger partial charge in [-0.05, 0) is 54.4 Å². The van der Waals surface area contributed by atoms with Gasteiger partial charge in [-0.2, -0.15) is 10.2 Å². The number of ketones is 1. The quantitative estimate of drug-likeness (QED) is 0.473. The number of nitrogens with zero attached hydrogens (tertiary/aromatic N) is 2. The van der Waals surface area contributed by atoms with Gasteiger partial charge in [0.25, 0.3) is 0 Å². The average Bonchev–Trinajstić information content (AvgIpc) is 2.31. The zero-order valence-electron chi connectivity index (χ0n) is 11.0. The van der Waals surface area contributed by atoms with Crippen molar-refractivity contribution in [3.63, 3.8) is 0 Å². The molecule has 0 saturated heterocycles. The van der Waals surface area contributed by atoms with Gasteiger partial charge in [0.1, 0.15) is 0 Å². The lowest BCUT2D eigenvalue weighted by Gasteiger charge is -2.06. The summed E-state index contributed by atoms with van der Waals surface area (Å²) in [4.78, 5) is 22.9. The van der Waals surface area contributed by atoms with Crippen LogP contribution in [0.3, 0.4) is 0 Å². The van der Waals surface area contributed by atoms with E-state index in [1.165, 1.54) is 6.92 Å². The summed E-state index contributed by atoms with van der Waals surface area (Å²) in [5.41, 5.74) is 1.63. The summed E-state index contributed by atoms with van der Waals surface area (Å²) in [7, 11) is 0. The van der Waals surface area contributed by atoms with Crippen LogP contribution in [0.5, 0.6) is 0 Å². The SMILES string of the molecule is CCOC(=O)[C@H](N=Nc1ccc(C)cc1Br)C(C)=O. The van der Waals surface area contributed by atoms with E-state index in [0.29, 0.717) is 5.69 Å². The lowest BCUT2D eigenvalue weighted by Crippen LogP contribution is -2.28. The molecule has 1 aromatic rings. The minimum atomic E-state index is -1.20. The molecule has 0 bridgehead atoms. The molecule has 0 spiro atoms.